The summed E-state index contributed by atoms with van der Waals surface area (Å²) < 4.78 is 0. The van der Waals surface area contributed by atoms with Crippen LogP contribution in [0.25, 0.3) is 0 Å². The highest BCUT2D eigenvalue weighted by Gasteiger charge is 2.24. The molecule has 1 aliphatic rings. The van der Waals surface area contributed by atoms with Gasteiger partial charge in [-0.2, -0.15) is 0 Å². The van der Waals surface area contributed by atoms with E-state index in [9.17, 15) is 4.79 Å². The number of aromatic nitrogens is 1. The summed E-state index contributed by atoms with van der Waals surface area (Å²) in [6, 6.07) is 0.243. The Kier molecular flexibility index (Phi) is 3.61. The molecule has 100 valence electrons. The van der Waals surface area contributed by atoms with Crippen molar-refractivity contribution in [3.8, 4) is 0 Å². The van der Waals surface area contributed by atoms with Crippen molar-refractivity contribution in [1.29, 1.82) is 0 Å². The Morgan fingerprint density at radius 3 is 2.94 bits per heavy atom. The molecule has 5 heteroatoms. The van der Waals surface area contributed by atoms with Gasteiger partial charge in [-0.25, -0.2) is 4.98 Å². The number of nitrogens with one attached hydrogen (secondary N) is 1. The maximum Gasteiger partial charge on any atom is 0.220 e. The van der Waals surface area contributed by atoms with E-state index >= 15 is 0 Å². The summed E-state index contributed by atoms with van der Waals surface area (Å²) in [5.41, 5.74) is 6.87. The number of carbonyl (C=O) groups excluding carboxylic acids is 1. The number of rotatable bonds is 2. The molecule has 0 aliphatic heterocycles. The largest absolute Gasteiger partial charge is 0.375 e. The second-order valence-corrected chi connectivity index (χ2v) is 7.28. The van der Waals surface area contributed by atoms with Gasteiger partial charge in [0.1, 0.15) is 0 Å². The van der Waals surface area contributed by atoms with Crippen LogP contribution in [0.1, 0.15) is 44.2 Å². The molecule has 0 bridgehead atoms. The smallest absolute Gasteiger partial charge is 0.220 e. The monoisotopic (exact) mass is 267 g/mol. The Bertz CT molecular complexity index is 448. The third-order valence-corrected chi connectivity index (χ3v) is 3.96. The lowest BCUT2D eigenvalue weighted by Gasteiger charge is -2.24. The van der Waals surface area contributed by atoms with Gasteiger partial charge in [0.05, 0.1) is 5.69 Å². The molecule has 0 saturated carbocycles. The fourth-order valence-corrected chi connectivity index (χ4v) is 3.24. The molecule has 0 aromatic carbocycles. The number of nitrogens with two attached hydrogens (primary N) is 1. The Hall–Kier alpha value is -1.10. The number of nitrogen functional groups attached to an aromatic ring is 1. The highest BCUT2D eigenvalue weighted by Crippen LogP contribution is 2.28. The van der Waals surface area contributed by atoms with Crippen molar-refractivity contribution in [1.82, 2.24) is 10.3 Å². The highest BCUT2D eigenvalue weighted by molar-refractivity contribution is 7.15. The van der Waals surface area contributed by atoms with Gasteiger partial charge in [-0.3, -0.25) is 4.79 Å². The first kappa shape index (κ1) is 13.3. The molecule has 1 unspecified atom stereocenters. The lowest BCUT2D eigenvalue weighted by atomic mass is 9.91. The molecule has 18 heavy (non-hydrogen) atoms. The third-order valence-electron chi connectivity index (χ3n) is 3.01. The maximum atomic E-state index is 11.9. The third kappa shape index (κ3) is 3.45. The lowest BCUT2D eigenvalue weighted by Crippen LogP contribution is -2.39. The first-order valence-corrected chi connectivity index (χ1v) is 7.18. The summed E-state index contributed by atoms with van der Waals surface area (Å²) in [5.74, 6) is 0.147. The summed E-state index contributed by atoms with van der Waals surface area (Å²) in [5, 5.41) is 3.77. The highest BCUT2D eigenvalue weighted by atomic mass is 32.1. The van der Waals surface area contributed by atoms with Crippen LogP contribution in [0.15, 0.2) is 0 Å². The number of thiazole rings is 1. The Morgan fingerprint density at radius 1 is 1.56 bits per heavy atom. The van der Waals surface area contributed by atoms with Crippen molar-refractivity contribution in [2.45, 2.75) is 52.5 Å². The van der Waals surface area contributed by atoms with Crippen molar-refractivity contribution < 1.29 is 4.79 Å². The first-order chi connectivity index (χ1) is 8.33. The van der Waals surface area contributed by atoms with E-state index in [4.69, 9.17) is 5.73 Å². The molecule has 4 nitrogen and oxygen atoms in total. The van der Waals surface area contributed by atoms with Crippen molar-refractivity contribution in [2.75, 3.05) is 5.73 Å². The van der Waals surface area contributed by atoms with Gasteiger partial charge in [0.25, 0.3) is 0 Å². The first-order valence-electron chi connectivity index (χ1n) is 6.37. The number of amides is 1. The Labute approximate surface area is 112 Å². The molecule has 1 aliphatic carbocycles. The summed E-state index contributed by atoms with van der Waals surface area (Å²) in [6.45, 7) is 6.24. The zero-order valence-corrected chi connectivity index (χ0v) is 12.1. The molecule has 1 heterocycles. The average Bonchev–Trinajstić information content (AvgIpc) is 2.53. The zero-order valence-electron chi connectivity index (χ0n) is 11.2. The molecule has 0 spiro atoms. The van der Waals surface area contributed by atoms with E-state index in [1.54, 1.807) is 11.3 Å². The van der Waals surface area contributed by atoms with E-state index in [0.29, 0.717) is 11.6 Å². The van der Waals surface area contributed by atoms with E-state index in [1.165, 1.54) is 4.88 Å². The van der Waals surface area contributed by atoms with Gasteiger partial charge >= 0.3 is 0 Å². The number of anilines is 1. The van der Waals surface area contributed by atoms with Crippen LogP contribution in [0.3, 0.4) is 0 Å². The fraction of sp³-hybridized carbons (Fsp3) is 0.692. The SMILES string of the molecule is CC(C)(C)CC(=O)NC1CCc2nc(N)sc2C1. The normalized spacial score (nSPS) is 19.4. The molecule has 2 rings (SSSR count). The van der Waals surface area contributed by atoms with Gasteiger partial charge < -0.3 is 11.1 Å². The maximum absolute atomic E-state index is 11.9. The molecule has 0 fully saturated rings. The minimum Gasteiger partial charge on any atom is -0.375 e. The quantitative estimate of drug-likeness (QED) is 0.862. The minimum absolute atomic E-state index is 0.0405. The average molecular weight is 267 g/mol. The Balaban J connectivity index is 1.91. The minimum atomic E-state index is 0.0405. The van der Waals surface area contributed by atoms with Crippen LogP contribution in [0.5, 0.6) is 0 Å². The molecular formula is C13H21N3OS. The van der Waals surface area contributed by atoms with E-state index in [-0.39, 0.29) is 17.4 Å². The zero-order chi connectivity index (χ0) is 13.3. The van der Waals surface area contributed by atoms with Gasteiger partial charge in [0, 0.05) is 23.8 Å². The van der Waals surface area contributed by atoms with Crippen LogP contribution in [0, 0.1) is 5.41 Å². The van der Waals surface area contributed by atoms with Crippen molar-refractivity contribution in [2.24, 2.45) is 5.41 Å². The number of hydrogen-bond donors (Lipinski definition) is 2. The van der Waals surface area contributed by atoms with Gasteiger partial charge in [-0.1, -0.05) is 20.8 Å². The van der Waals surface area contributed by atoms with Crippen molar-refractivity contribution in [3.05, 3.63) is 10.6 Å². The molecule has 1 aromatic heterocycles. The molecule has 1 amide bonds. The van der Waals surface area contributed by atoms with Crippen LogP contribution >= 0.6 is 11.3 Å². The Morgan fingerprint density at radius 2 is 2.28 bits per heavy atom. The van der Waals surface area contributed by atoms with Gasteiger partial charge in [-0.15, -0.1) is 11.3 Å². The number of nitrogens with zero attached hydrogens (tertiary/aromatic N) is 1. The fourth-order valence-electron chi connectivity index (χ4n) is 2.28. The molecule has 1 aromatic rings. The topological polar surface area (TPSA) is 68.0 Å². The van der Waals surface area contributed by atoms with Crippen LogP contribution < -0.4 is 11.1 Å². The molecule has 1 atom stereocenters. The van der Waals surface area contributed by atoms with Crippen LogP contribution in [-0.2, 0) is 17.6 Å². The number of carbonyl (C=O) groups is 1. The molecule has 3 N–H and O–H groups in total. The number of hydrogen-bond acceptors (Lipinski definition) is 4. The van der Waals surface area contributed by atoms with E-state index in [0.717, 1.165) is 25.0 Å². The number of aryl methyl sites for hydroxylation is 1. The van der Waals surface area contributed by atoms with E-state index in [1.807, 2.05) is 0 Å². The van der Waals surface area contributed by atoms with E-state index in [2.05, 4.69) is 31.1 Å². The number of fused-ring (bicyclic) bond motifs is 1. The molecule has 0 saturated heterocycles. The van der Waals surface area contributed by atoms with Gasteiger partial charge in [-0.05, 0) is 18.3 Å². The predicted molar refractivity (Wildman–Crippen MR) is 74.6 cm³/mol. The van der Waals surface area contributed by atoms with E-state index < -0.39 is 0 Å². The van der Waals surface area contributed by atoms with Crippen LogP contribution in [0.4, 0.5) is 5.13 Å². The molecular weight excluding hydrogens is 246 g/mol. The van der Waals surface area contributed by atoms with Gasteiger partial charge in [0.2, 0.25) is 5.91 Å². The van der Waals surface area contributed by atoms with Gasteiger partial charge in [0.15, 0.2) is 5.13 Å². The second kappa shape index (κ2) is 4.88. The summed E-state index contributed by atoms with van der Waals surface area (Å²) in [7, 11) is 0. The predicted octanol–water partition coefficient (Wildman–Crippen LogP) is 2.13. The lowest BCUT2D eigenvalue weighted by molar-refractivity contribution is -0.123. The molecule has 0 radical (unpaired) electrons. The summed E-state index contributed by atoms with van der Waals surface area (Å²) >= 11 is 1.55. The second-order valence-electron chi connectivity index (χ2n) is 6.17. The van der Waals surface area contributed by atoms with Crippen molar-refractivity contribution in [3.63, 3.8) is 0 Å². The summed E-state index contributed by atoms with van der Waals surface area (Å²) in [6.07, 6.45) is 3.33. The summed E-state index contributed by atoms with van der Waals surface area (Å²) in [4.78, 5) is 17.4. The standard InChI is InChI=1S/C13H21N3OS/c1-13(2,3)7-11(17)15-8-4-5-9-10(6-8)18-12(14)16-9/h8H,4-7H2,1-3H3,(H2,14,16)(H,15,17). The van der Waals surface area contributed by atoms with Crippen LogP contribution in [-0.4, -0.2) is 16.9 Å². The van der Waals surface area contributed by atoms with Crippen molar-refractivity contribution >= 4 is 22.4 Å². The van der Waals surface area contributed by atoms with Crippen LogP contribution in [0.2, 0.25) is 0 Å².